The van der Waals surface area contributed by atoms with Crippen LogP contribution in [0.5, 0.6) is 0 Å². The second-order valence-electron chi connectivity index (χ2n) is 4.59. The van der Waals surface area contributed by atoms with E-state index in [2.05, 4.69) is 15.2 Å². The van der Waals surface area contributed by atoms with Crippen LogP contribution in [-0.2, 0) is 4.79 Å². The molecule has 1 fully saturated rings. The summed E-state index contributed by atoms with van der Waals surface area (Å²) in [5.41, 5.74) is 0.757. The normalized spacial score (nSPS) is 20.6. The molecule has 1 aromatic rings. The molecule has 98 valence electrons. The van der Waals surface area contributed by atoms with Gasteiger partial charge in [-0.2, -0.15) is 0 Å². The van der Waals surface area contributed by atoms with Crippen molar-refractivity contribution in [1.29, 1.82) is 0 Å². The lowest BCUT2D eigenvalue weighted by Crippen LogP contribution is -2.45. The van der Waals surface area contributed by atoms with Crippen molar-refractivity contribution in [3.05, 3.63) is 24.5 Å². The maximum absolute atomic E-state index is 11.9. The molecule has 1 amide bonds. The average molecular weight is 249 g/mol. The van der Waals surface area contributed by atoms with Gasteiger partial charge in [-0.15, -0.1) is 0 Å². The summed E-state index contributed by atoms with van der Waals surface area (Å²) in [6.45, 7) is 1.35. The van der Waals surface area contributed by atoms with Crippen molar-refractivity contribution < 1.29 is 9.90 Å². The highest BCUT2D eigenvalue weighted by Gasteiger charge is 2.23. The van der Waals surface area contributed by atoms with E-state index in [-0.39, 0.29) is 18.6 Å². The number of hydrogen-bond acceptors (Lipinski definition) is 4. The van der Waals surface area contributed by atoms with Gasteiger partial charge in [0.1, 0.15) is 0 Å². The topological polar surface area (TPSA) is 65.5 Å². The number of carbonyl (C=O) groups is 1. The van der Waals surface area contributed by atoms with E-state index in [1.165, 1.54) is 0 Å². The smallest absolute Gasteiger partial charge is 0.238 e. The van der Waals surface area contributed by atoms with Crippen molar-refractivity contribution in [2.24, 2.45) is 0 Å². The number of rotatable bonds is 4. The summed E-state index contributed by atoms with van der Waals surface area (Å²) in [7, 11) is 0. The maximum Gasteiger partial charge on any atom is 0.238 e. The molecule has 5 heteroatoms. The van der Waals surface area contributed by atoms with E-state index in [1.54, 1.807) is 24.5 Å². The van der Waals surface area contributed by atoms with Crippen molar-refractivity contribution in [3.8, 4) is 0 Å². The lowest BCUT2D eigenvalue weighted by Gasteiger charge is -2.33. The van der Waals surface area contributed by atoms with E-state index in [0.717, 1.165) is 31.5 Å². The molecular formula is C13H19N3O2. The number of amides is 1. The summed E-state index contributed by atoms with van der Waals surface area (Å²) in [5.74, 6) is -0.0402. The number of aliphatic hydroxyl groups is 1. The number of piperidine rings is 1. The molecule has 18 heavy (non-hydrogen) atoms. The molecule has 2 heterocycles. The molecule has 1 aliphatic heterocycles. The fourth-order valence-electron chi connectivity index (χ4n) is 2.30. The lowest BCUT2D eigenvalue weighted by molar-refractivity contribution is -0.118. The minimum Gasteiger partial charge on any atom is -0.395 e. The Balaban J connectivity index is 1.86. The van der Waals surface area contributed by atoms with E-state index in [1.807, 2.05) is 0 Å². The van der Waals surface area contributed by atoms with Crippen LogP contribution in [0.15, 0.2) is 24.5 Å². The van der Waals surface area contributed by atoms with Gasteiger partial charge in [0.15, 0.2) is 0 Å². The molecule has 0 spiro atoms. The van der Waals surface area contributed by atoms with Crippen LogP contribution < -0.4 is 5.32 Å². The second kappa shape index (κ2) is 6.47. The highest BCUT2D eigenvalue weighted by Crippen LogP contribution is 2.16. The Morgan fingerprint density at radius 1 is 1.44 bits per heavy atom. The number of nitrogens with zero attached hydrogens (tertiary/aromatic N) is 2. The number of nitrogens with one attached hydrogen (secondary N) is 1. The largest absolute Gasteiger partial charge is 0.395 e. The predicted octanol–water partition coefficient (Wildman–Crippen LogP) is 0.867. The highest BCUT2D eigenvalue weighted by molar-refractivity contribution is 5.92. The van der Waals surface area contributed by atoms with E-state index in [0.29, 0.717) is 6.54 Å². The van der Waals surface area contributed by atoms with Gasteiger partial charge in [-0.05, 0) is 31.5 Å². The Kier molecular flexibility index (Phi) is 4.66. The van der Waals surface area contributed by atoms with Gasteiger partial charge in [-0.25, -0.2) is 0 Å². The SMILES string of the molecule is O=C(CN1CCCCC1CO)Nc1ccncc1. The van der Waals surface area contributed by atoms with E-state index in [9.17, 15) is 9.90 Å². The number of pyridine rings is 1. The highest BCUT2D eigenvalue weighted by atomic mass is 16.3. The van der Waals surface area contributed by atoms with Gasteiger partial charge < -0.3 is 10.4 Å². The third kappa shape index (κ3) is 3.51. The molecule has 2 rings (SSSR count). The first-order chi connectivity index (χ1) is 8.79. The molecule has 0 saturated carbocycles. The molecule has 0 aliphatic carbocycles. The van der Waals surface area contributed by atoms with Crippen LogP contribution in [-0.4, -0.2) is 46.6 Å². The summed E-state index contributed by atoms with van der Waals surface area (Å²) >= 11 is 0. The van der Waals surface area contributed by atoms with Crippen LogP contribution in [0.2, 0.25) is 0 Å². The summed E-state index contributed by atoms with van der Waals surface area (Å²) in [4.78, 5) is 17.8. The Hall–Kier alpha value is -1.46. The fourth-order valence-corrected chi connectivity index (χ4v) is 2.30. The van der Waals surface area contributed by atoms with E-state index >= 15 is 0 Å². The first-order valence-electron chi connectivity index (χ1n) is 6.34. The number of anilines is 1. The zero-order chi connectivity index (χ0) is 12.8. The van der Waals surface area contributed by atoms with Gasteiger partial charge in [-0.1, -0.05) is 6.42 Å². The van der Waals surface area contributed by atoms with Crippen molar-refractivity contribution in [1.82, 2.24) is 9.88 Å². The van der Waals surface area contributed by atoms with Crippen LogP contribution >= 0.6 is 0 Å². The standard InChI is InChI=1S/C13H19N3O2/c17-10-12-3-1-2-8-16(12)9-13(18)15-11-4-6-14-7-5-11/h4-7,12,17H,1-3,8-10H2,(H,14,15,18). The molecular weight excluding hydrogens is 230 g/mol. The van der Waals surface area contributed by atoms with Gasteiger partial charge in [0, 0.05) is 24.1 Å². The van der Waals surface area contributed by atoms with Crippen molar-refractivity contribution >= 4 is 11.6 Å². The Bertz CT molecular complexity index is 383. The molecule has 1 aromatic heterocycles. The predicted molar refractivity (Wildman–Crippen MR) is 69.2 cm³/mol. The van der Waals surface area contributed by atoms with Crippen LogP contribution in [0.1, 0.15) is 19.3 Å². The average Bonchev–Trinajstić information content (AvgIpc) is 2.40. The van der Waals surface area contributed by atoms with Crippen molar-refractivity contribution in [2.75, 3.05) is 25.0 Å². The Morgan fingerprint density at radius 2 is 2.22 bits per heavy atom. The fraction of sp³-hybridized carbons (Fsp3) is 0.538. The van der Waals surface area contributed by atoms with Crippen molar-refractivity contribution in [3.63, 3.8) is 0 Å². The first-order valence-corrected chi connectivity index (χ1v) is 6.34. The molecule has 1 atom stereocenters. The zero-order valence-electron chi connectivity index (χ0n) is 10.4. The molecule has 0 bridgehead atoms. The molecule has 5 nitrogen and oxygen atoms in total. The summed E-state index contributed by atoms with van der Waals surface area (Å²) < 4.78 is 0. The summed E-state index contributed by atoms with van der Waals surface area (Å²) in [5, 5.41) is 12.1. The number of carbonyl (C=O) groups excluding carboxylic acids is 1. The van der Waals surface area contributed by atoms with Crippen LogP contribution in [0, 0.1) is 0 Å². The third-order valence-electron chi connectivity index (χ3n) is 3.27. The van der Waals surface area contributed by atoms with Crippen LogP contribution in [0.4, 0.5) is 5.69 Å². The van der Waals surface area contributed by atoms with Crippen molar-refractivity contribution in [2.45, 2.75) is 25.3 Å². The quantitative estimate of drug-likeness (QED) is 0.831. The number of hydrogen-bond donors (Lipinski definition) is 2. The minimum atomic E-state index is -0.0402. The number of aliphatic hydroxyl groups excluding tert-OH is 1. The maximum atomic E-state index is 11.9. The molecule has 2 N–H and O–H groups in total. The molecule has 1 unspecified atom stereocenters. The monoisotopic (exact) mass is 249 g/mol. The van der Waals surface area contributed by atoms with E-state index in [4.69, 9.17) is 0 Å². The summed E-state index contributed by atoms with van der Waals surface area (Å²) in [6, 6.07) is 3.65. The zero-order valence-corrected chi connectivity index (χ0v) is 10.4. The molecule has 0 aromatic carbocycles. The molecule has 0 radical (unpaired) electrons. The summed E-state index contributed by atoms with van der Waals surface area (Å²) in [6.07, 6.45) is 6.49. The van der Waals surface area contributed by atoms with Crippen LogP contribution in [0.25, 0.3) is 0 Å². The number of likely N-dealkylation sites (tertiary alicyclic amines) is 1. The Morgan fingerprint density at radius 3 is 2.94 bits per heavy atom. The molecule has 1 saturated heterocycles. The first kappa shape index (κ1) is 13.0. The number of aromatic nitrogens is 1. The van der Waals surface area contributed by atoms with Crippen LogP contribution in [0.3, 0.4) is 0 Å². The van der Waals surface area contributed by atoms with Gasteiger partial charge in [0.05, 0.1) is 13.2 Å². The third-order valence-corrected chi connectivity index (χ3v) is 3.27. The van der Waals surface area contributed by atoms with Gasteiger partial charge in [0.25, 0.3) is 0 Å². The Labute approximate surface area is 107 Å². The van der Waals surface area contributed by atoms with E-state index < -0.39 is 0 Å². The second-order valence-corrected chi connectivity index (χ2v) is 4.59. The van der Waals surface area contributed by atoms with Gasteiger partial charge >= 0.3 is 0 Å². The molecule has 1 aliphatic rings. The van der Waals surface area contributed by atoms with Gasteiger partial charge in [0.2, 0.25) is 5.91 Å². The van der Waals surface area contributed by atoms with Gasteiger partial charge in [-0.3, -0.25) is 14.7 Å². The lowest BCUT2D eigenvalue weighted by atomic mass is 10.0. The minimum absolute atomic E-state index is 0.0402.